The first-order valence-corrected chi connectivity index (χ1v) is 8.27. The molecule has 0 saturated heterocycles. The average molecular weight is 341 g/mol. The predicted octanol–water partition coefficient (Wildman–Crippen LogP) is 3.59. The quantitative estimate of drug-likeness (QED) is 0.782. The molecule has 1 fully saturated rings. The number of rotatable bonds is 8. The fraction of sp³-hybridized carbons (Fsp3) is 0.625. The van der Waals surface area contributed by atoms with Gasteiger partial charge in [0.2, 0.25) is 0 Å². The third-order valence-corrected chi connectivity index (χ3v) is 4.31. The van der Waals surface area contributed by atoms with E-state index >= 15 is 0 Å². The summed E-state index contributed by atoms with van der Waals surface area (Å²) in [7, 11) is 2.19. The fourth-order valence-corrected chi connectivity index (χ4v) is 2.78. The van der Waals surface area contributed by atoms with Gasteiger partial charge in [0, 0.05) is 28.7 Å². The van der Waals surface area contributed by atoms with Crippen molar-refractivity contribution in [2.45, 2.75) is 38.8 Å². The van der Waals surface area contributed by atoms with Gasteiger partial charge in [0.05, 0.1) is 0 Å². The molecular weight excluding hydrogens is 316 g/mol. The Balaban J connectivity index is 1.94. The van der Waals surface area contributed by atoms with Gasteiger partial charge in [-0.25, -0.2) is 0 Å². The summed E-state index contributed by atoms with van der Waals surface area (Å²) in [6, 6.07) is 7.34. The zero-order chi connectivity index (χ0) is 14.5. The van der Waals surface area contributed by atoms with Crippen molar-refractivity contribution < 1.29 is 4.74 Å². The van der Waals surface area contributed by atoms with Crippen molar-refractivity contribution in [3.05, 3.63) is 28.2 Å². The molecule has 1 aromatic carbocycles. The molecule has 1 aliphatic rings. The van der Waals surface area contributed by atoms with E-state index in [1.807, 2.05) is 6.07 Å². The normalized spacial score (nSPS) is 16.4. The van der Waals surface area contributed by atoms with Crippen LogP contribution in [0.15, 0.2) is 22.7 Å². The van der Waals surface area contributed by atoms with Crippen LogP contribution in [-0.2, 0) is 0 Å². The summed E-state index contributed by atoms with van der Waals surface area (Å²) in [5, 5.41) is 3.45. The van der Waals surface area contributed by atoms with Crippen molar-refractivity contribution in [2.75, 3.05) is 26.7 Å². The van der Waals surface area contributed by atoms with Crippen LogP contribution in [0.4, 0.5) is 0 Å². The molecule has 1 unspecified atom stereocenters. The minimum atomic E-state index is 0.300. The summed E-state index contributed by atoms with van der Waals surface area (Å²) in [6.07, 6.45) is 2.69. The number of likely N-dealkylation sites (N-methyl/N-ethyl adjacent to an activating group) is 1. The van der Waals surface area contributed by atoms with Gasteiger partial charge in [0.25, 0.3) is 0 Å². The molecule has 0 heterocycles. The first-order valence-electron chi connectivity index (χ1n) is 7.47. The molecule has 1 aromatic rings. The largest absolute Gasteiger partial charge is 0.492 e. The van der Waals surface area contributed by atoms with E-state index in [0.29, 0.717) is 6.04 Å². The third kappa shape index (κ3) is 4.47. The lowest BCUT2D eigenvalue weighted by atomic mass is 10.1. The molecule has 1 atom stereocenters. The van der Waals surface area contributed by atoms with Gasteiger partial charge in [-0.3, -0.25) is 0 Å². The Hall–Kier alpha value is -0.580. The minimum absolute atomic E-state index is 0.300. The molecule has 2 rings (SSSR count). The molecule has 0 spiro atoms. The molecule has 1 N–H and O–H groups in total. The van der Waals surface area contributed by atoms with Crippen LogP contribution in [0.25, 0.3) is 0 Å². The van der Waals surface area contributed by atoms with Gasteiger partial charge in [-0.05, 0) is 51.6 Å². The zero-order valence-electron chi connectivity index (χ0n) is 12.7. The maximum absolute atomic E-state index is 6.01. The van der Waals surface area contributed by atoms with Crippen LogP contribution in [0, 0.1) is 0 Å². The lowest BCUT2D eigenvalue weighted by Gasteiger charge is -2.20. The highest BCUT2D eigenvalue weighted by atomic mass is 79.9. The summed E-state index contributed by atoms with van der Waals surface area (Å²) in [6.45, 7) is 7.00. The smallest absolute Gasteiger partial charge is 0.124 e. The van der Waals surface area contributed by atoms with Crippen LogP contribution < -0.4 is 10.1 Å². The lowest BCUT2D eigenvalue weighted by Crippen LogP contribution is -2.26. The highest BCUT2D eigenvalue weighted by molar-refractivity contribution is 9.10. The summed E-state index contributed by atoms with van der Waals surface area (Å²) in [5.41, 5.74) is 1.22. The van der Waals surface area contributed by atoms with E-state index in [9.17, 15) is 0 Å². The highest BCUT2D eigenvalue weighted by Crippen LogP contribution is 2.29. The second kappa shape index (κ2) is 7.43. The van der Waals surface area contributed by atoms with Crippen molar-refractivity contribution in [3.8, 4) is 5.75 Å². The van der Waals surface area contributed by atoms with Crippen LogP contribution in [0.3, 0.4) is 0 Å². The Morgan fingerprint density at radius 2 is 2.20 bits per heavy atom. The highest BCUT2D eigenvalue weighted by Gasteiger charge is 2.25. The summed E-state index contributed by atoms with van der Waals surface area (Å²) >= 11 is 3.54. The Morgan fingerprint density at radius 1 is 1.45 bits per heavy atom. The second-order valence-corrected chi connectivity index (χ2v) is 6.44. The van der Waals surface area contributed by atoms with Gasteiger partial charge in [-0.2, -0.15) is 0 Å². The van der Waals surface area contributed by atoms with Crippen LogP contribution in [0.2, 0.25) is 0 Å². The lowest BCUT2D eigenvalue weighted by molar-refractivity contribution is 0.229. The summed E-state index contributed by atoms with van der Waals surface area (Å²) in [5.74, 6) is 0.992. The number of ether oxygens (including phenoxy) is 1. The standard InChI is InChI=1S/C16H25BrN2O/c1-4-18-12(2)15-11-13(17)5-8-16(15)20-10-9-19(3)14-6-7-14/h5,8,11-12,14,18H,4,6-7,9-10H2,1-3H3. The Bertz CT molecular complexity index is 434. The molecule has 112 valence electrons. The number of halogens is 1. The van der Waals surface area contributed by atoms with Crippen molar-refractivity contribution in [1.82, 2.24) is 10.2 Å². The molecule has 0 aliphatic heterocycles. The molecule has 1 saturated carbocycles. The molecular formula is C16H25BrN2O. The van der Waals surface area contributed by atoms with E-state index < -0.39 is 0 Å². The van der Waals surface area contributed by atoms with Crippen LogP contribution in [-0.4, -0.2) is 37.7 Å². The molecule has 1 aliphatic carbocycles. The Labute approximate surface area is 130 Å². The van der Waals surface area contributed by atoms with E-state index in [1.54, 1.807) is 0 Å². The number of benzene rings is 1. The van der Waals surface area contributed by atoms with Crippen LogP contribution in [0.1, 0.15) is 38.3 Å². The minimum Gasteiger partial charge on any atom is -0.492 e. The van der Waals surface area contributed by atoms with Crippen molar-refractivity contribution in [1.29, 1.82) is 0 Å². The Morgan fingerprint density at radius 3 is 2.85 bits per heavy atom. The first kappa shape index (κ1) is 15.8. The predicted molar refractivity (Wildman–Crippen MR) is 87.4 cm³/mol. The monoisotopic (exact) mass is 340 g/mol. The van der Waals surface area contributed by atoms with Gasteiger partial charge in [0.15, 0.2) is 0 Å². The number of nitrogens with one attached hydrogen (secondary N) is 1. The number of hydrogen-bond acceptors (Lipinski definition) is 3. The van der Waals surface area contributed by atoms with Crippen molar-refractivity contribution in [2.24, 2.45) is 0 Å². The van der Waals surface area contributed by atoms with E-state index in [-0.39, 0.29) is 0 Å². The van der Waals surface area contributed by atoms with Crippen molar-refractivity contribution >= 4 is 15.9 Å². The second-order valence-electron chi connectivity index (χ2n) is 5.52. The molecule has 0 aromatic heterocycles. The van der Waals surface area contributed by atoms with Gasteiger partial charge < -0.3 is 15.0 Å². The van der Waals surface area contributed by atoms with E-state index in [0.717, 1.165) is 36.0 Å². The molecule has 0 bridgehead atoms. The molecule has 20 heavy (non-hydrogen) atoms. The van der Waals surface area contributed by atoms with Gasteiger partial charge in [0.1, 0.15) is 12.4 Å². The molecule has 3 nitrogen and oxygen atoms in total. The zero-order valence-corrected chi connectivity index (χ0v) is 14.2. The van der Waals surface area contributed by atoms with E-state index in [4.69, 9.17) is 4.74 Å². The molecule has 4 heteroatoms. The Kier molecular flexibility index (Phi) is 5.87. The van der Waals surface area contributed by atoms with Gasteiger partial charge >= 0.3 is 0 Å². The van der Waals surface area contributed by atoms with Crippen molar-refractivity contribution in [3.63, 3.8) is 0 Å². The van der Waals surface area contributed by atoms with Gasteiger partial charge in [-0.1, -0.05) is 22.9 Å². The maximum atomic E-state index is 6.01. The first-order chi connectivity index (χ1) is 9.61. The fourth-order valence-electron chi connectivity index (χ4n) is 2.40. The van der Waals surface area contributed by atoms with Crippen LogP contribution >= 0.6 is 15.9 Å². The van der Waals surface area contributed by atoms with E-state index in [1.165, 1.54) is 18.4 Å². The van der Waals surface area contributed by atoms with E-state index in [2.05, 4.69) is 59.2 Å². The number of nitrogens with zero attached hydrogens (tertiary/aromatic N) is 1. The maximum Gasteiger partial charge on any atom is 0.124 e. The molecule has 0 amide bonds. The summed E-state index contributed by atoms with van der Waals surface area (Å²) < 4.78 is 7.10. The third-order valence-electron chi connectivity index (χ3n) is 3.82. The summed E-state index contributed by atoms with van der Waals surface area (Å²) in [4.78, 5) is 2.40. The molecule has 0 radical (unpaired) electrons. The topological polar surface area (TPSA) is 24.5 Å². The number of hydrogen-bond donors (Lipinski definition) is 1. The van der Waals surface area contributed by atoms with Gasteiger partial charge in [-0.15, -0.1) is 0 Å². The SMILES string of the molecule is CCNC(C)c1cc(Br)ccc1OCCN(C)C1CC1. The van der Waals surface area contributed by atoms with Crippen LogP contribution in [0.5, 0.6) is 5.75 Å². The average Bonchev–Trinajstić information content (AvgIpc) is 3.25.